The molecule has 1 aliphatic heterocycles. The van der Waals surface area contributed by atoms with E-state index in [2.05, 4.69) is 52.2 Å². The molecular weight excluding hydrogens is 417 g/mol. The van der Waals surface area contributed by atoms with E-state index < -0.39 is 0 Å². The topological polar surface area (TPSA) is 54.9 Å². The van der Waals surface area contributed by atoms with E-state index in [1.165, 1.54) is 0 Å². The van der Waals surface area contributed by atoms with Crippen LogP contribution >= 0.6 is 24.0 Å². The van der Waals surface area contributed by atoms with E-state index in [1.807, 2.05) is 0 Å². The van der Waals surface area contributed by atoms with Crippen molar-refractivity contribution in [2.75, 3.05) is 26.8 Å². The van der Waals surface area contributed by atoms with E-state index in [0.29, 0.717) is 24.6 Å². The van der Waals surface area contributed by atoms with Gasteiger partial charge in [-0.1, -0.05) is 34.6 Å². The summed E-state index contributed by atoms with van der Waals surface area (Å²) in [5, 5.41) is 7.02. The standard InChI is InChI=1S/C18H35N3O2.HI/c1-8-19-16(20-11-13(22-7)17(2,3)4)21-14-12-9-10-23-15(12)18(14,5)6;/h12-15H,8-11H2,1-7H3,(H2,19,20,21);1H. The molecule has 0 spiro atoms. The molecule has 1 heterocycles. The second-order valence-electron chi connectivity index (χ2n) is 8.50. The zero-order valence-electron chi connectivity index (χ0n) is 16.3. The molecule has 4 atom stereocenters. The Hall–Kier alpha value is -0.0800. The van der Waals surface area contributed by atoms with E-state index in [0.717, 1.165) is 25.5 Å². The first-order valence-electron chi connectivity index (χ1n) is 8.91. The molecular formula is C18H36IN3O2. The largest absolute Gasteiger partial charge is 0.379 e. The van der Waals surface area contributed by atoms with Crippen molar-refractivity contribution < 1.29 is 9.47 Å². The van der Waals surface area contributed by atoms with Gasteiger partial charge in [0.2, 0.25) is 0 Å². The van der Waals surface area contributed by atoms with Gasteiger partial charge in [0.1, 0.15) is 0 Å². The molecule has 6 heteroatoms. The highest BCUT2D eigenvalue weighted by molar-refractivity contribution is 14.0. The van der Waals surface area contributed by atoms with Crippen molar-refractivity contribution in [2.45, 2.75) is 66.2 Å². The minimum atomic E-state index is 0. The van der Waals surface area contributed by atoms with Gasteiger partial charge >= 0.3 is 0 Å². The number of hydrogen-bond donors (Lipinski definition) is 2. The highest BCUT2D eigenvalue weighted by atomic mass is 127. The number of fused-ring (bicyclic) bond motifs is 1. The van der Waals surface area contributed by atoms with Gasteiger partial charge in [-0.3, -0.25) is 4.99 Å². The molecule has 2 aliphatic rings. The third-order valence-corrected chi connectivity index (χ3v) is 5.40. The van der Waals surface area contributed by atoms with Crippen LogP contribution in [0.15, 0.2) is 4.99 Å². The van der Waals surface area contributed by atoms with Crippen molar-refractivity contribution in [3.63, 3.8) is 0 Å². The smallest absolute Gasteiger partial charge is 0.191 e. The van der Waals surface area contributed by atoms with E-state index in [-0.39, 0.29) is 40.9 Å². The van der Waals surface area contributed by atoms with E-state index in [9.17, 15) is 0 Å². The lowest BCUT2D eigenvalue weighted by Crippen LogP contribution is -2.68. The summed E-state index contributed by atoms with van der Waals surface area (Å²) in [6.07, 6.45) is 1.65. The summed E-state index contributed by atoms with van der Waals surface area (Å²) < 4.78 is 11.5. The first-order valence-corrected chi connectivity index (χ1v) is 8.91. The Morgan fingerprint density at radius 2 is 2.04 bits per heavy atom. The maximum absolute atomic E-state index is 5.88. The van der Waals surface area contributed by atoms with Crippen molar-refractivity contribution in [1.29, 1.82) is 0 Å². The van der Waals surface area contributed by atoms with Gasteiger partial charge in [0.25, 0.3) is 0 Å². The summed E-state index contributed by atoms with van der Waals surface area (Å²) in [4.78, 5) is 4.78. The van der Waals surface area contributed by atoms with Crippen LogP contribution in [0.3, 0.4) is 0 Å². The summed E-state index contributed by atoms with van der Waals surface area (Å²) in [5.41, 5.74) is 0.234. The van der Waals surface area contributed by atoms with Crippen LogP contribution in [-0.2, 0) is 9.47 Å². The third-order valence-electron chi connectivity index (χ3n) is 5.40. The molecule has 0 amide bonds. The van der Waals surface area contributed by atoms with E-state index in [1.54, 1.807) is 7.11 Å². The normalized spacial score (nSPS) is 30.0. The molecule has 2 fully saturated rings. The molecule has 1 aliphatic carbocycles. The van der Waals surface area contributed by atoms with E-state index >= 15 is 0 Å². The highest BCUT2D eigenvalue weighted by Crippen LogP contribution is 2.52. The number of nitrogens with zero attached hydrogens (tertiary/aromatic N) is 1. The Bertz CT molecular complexity index is 434. The predicted octanol–water partition coefficient (Wildman–Crippen LogP) is 3.03. The van der Waals surface area contributed by atoms with Crippen molar-refractivity contribution in [3.05, 3.63) is 0 Å². The van der Waals surface area contributed by atoms with Gasteiger partial charge in [-0.05, 0) is 18.8 Å². The molecule has 0 aromatic heterocycles. The maximum atomic E-state index is 5.88. The van der Waals surface area contributed by atoms with Gasteiger partial charge in [0, 0.05) is 37.6 Å². The number of ether oxygens (including phenoxy) is 2. The minimum absolute atomic E-state index is 0. The number of rotatable bonds is 5. The first-order chi connectivity index (χ1) is 10.7. The maximum Gasteiger partial charge on any atom is 0.191 e. The van der Waals surface area contributed by atoms with Crippen LogP contribution in [0.1, 0.15) is 48.0 Å². The van der Waals surface area contributed by atoms with Crippen LogP contribution in [0.25, 0.3) is 0 Å². The fourth-order valence-corrected chi connectivity index (χ4v) is 3.96. The first kappa shape index (κ1) is 22.0. The molecule has 1 saturated heterocycles. The number of guanidine groups is 1. The molecule has 0 bridgehead atoms. The molecule has 5 nitrogen and oxygen atoms in total. The molecule has 2 rings (SSSR count). The number of methoxy groups -OCH3 is 1. The number of hydrogen-bond acceptors (Lipinski definition) is 3. The fraction of sp³-hybridized carbons (Fsp3) is 0.944. The van der Waals surface area contributed by atoms with Gasteiger partial charge in [0.05, 0.1) is 18.8 Å². The van der Waals surface area contributed by atoms with Crippen LogP contribution in [-0.4, -0.2) is 51.0 Å². The van der Waals surface area contributed by atoms with Gasteiger partial charge < -0.3 is 20.1 Å². The van der Waals surface area contributed by atoms with Crippen molar-refractivity contribution in [1.82, 2.24) is 10.6 Å². The Kier molecular flexibility index (Phi) is 7.81. The molecule has 24 heavy (non-hydrogen) atoms. The molecule has 1 saturated carbocycles. The molecule has 0 aromatic rings. The summed E-state index contributed by atoms with van der Waals surface area (Å²) in [6.45, 7) is 15.6. The third kappa shape index (κ3) is 4.55. The van der Waals surface area contributed by atoms with Crippen LogP contribution < -0.4 is 10.6 Å². The lowest BCUT2D eigenvalue weighted by Gasteiger charge is -2.55. The average molecular weight is 453 g/mol. The SMILES string of the molecule is CCNC(=NCC(OC)C(C)(C)C)NC1C2CCOC2C1(C)C.I. The number of nitrogens with one attached hydrogen (secondary N) is 2. The van der Waals surface area contributed by atoms with Crippen molar-refractivity contribution in [2.24, 2.45) is 21.7 Å². The monoisotopic (exact) mass is 453 g/mol. The zero-order valence-corrected chi connectivity index (χ0v) is 18.6. The zero-order chi connectivity index (χ0) is 17.3. The summed E-state index contributed by atoms with van der Waals surface area (Å²) >= 11 is 0. The summed E-state index contributed by atoms with van der Waals surface area (Å²) in [6, 6.07) is 0.420. The van der Waals surface area contributed by atoms with Crippen LogP contribution in [0, 0.1) is 16.7 Å². The lowest BCUT2D eigenvalue weighted by molar-refractivity contribution is -0.106. The predicted molar refractivity (Wildman–Crippen MR) is 110 cm³/mol. The van der Waals surface area contributed by atoms with Crippen LogP contribution in [0.5, 0.6) is 0 Å². The van der Waals surface area contributed by atoms with Crippen molar-refractivity contribution in [3.8, 4) is 0 Å². The highest BCUT2D eigenvalue weighted by Gasteiger charge is 2.59. The Morgan fingerprint density at radius 3 is 2.58 bits per heavy atom. The molecule has 0 aromatic carbocycles. The minimum Gasteiger partial charge on any atom is -0.379 e. The molecule has 0 radical (unpaired) electrons. The van der Waals surface area contributed by atoms with Crippen molar-refractivity contribution >= 4 is 29.9 Å². The Balaban J connectivity index is 0.00000288. The molecule has 2 N–H and O–H groups in total. The summed E-state index contributed by atoms with van der Waals surface area (Å²) in [7, 11) is 1.77. The van der Waals surface area contributed by atoms with Gasteiger partial charge in [-0.2, -0.15) is 0 Å². The second kappa shape index (κ2) is 8.54. The Morgan fingerprint density at radius 1 is 1.38 bits per heavy atom. The second-order valence-corrected chi connectivity index (χ2v) is 8.50. The van der Waals surface area contributed by atoms with E-state index in [4.69, 9.17) is 14.5 Å². The average Bonchev–Trinajstić information content (AvgIpc) is 2.90. The molecule has 4 unspecified atom stereocenters. The quantitative estimate of drug-likeness (QED) is 0.382. The number of aliphatic imine (C=N–C) groups is 1. The van der Waals surface area contributed by atoms with Crippen LogP contribution in [0.4, 0.5) is 0 Å². The van der Waals surface area contributed by atoms with Gasteiger partial charge in [-0.25, -0.2) is 0 Å². The summed E-state index contributed by atoms with van der Waals surface area (Å²) in [5.74, 6) is 1.50. The van der Waals surface area contributed by atoms with Crippen LogP contribution in [0.2, 0.25) is 0 Å². The molecule has 142 valence electrons. The van der Waals surface area contributed by atoms with Gasteiger partial charge in [0.15, 0.2) is 5.96 Å². The fourth-order valence-electron chi connectivity index (χ4n) is 3.96. The Labute approximate surface area is 164 Å². The number of halogens is 1. The lowest BCUT2D eigenvalue weighted by atomic mass is 9.57. The van der Waals surface area contributed by atoms with Gasteiger partial charge in [-0.15, -0.1) is 24.0 Å².